The van der Waals surface area contributed by atoms with E-state index in [1.54, 1.807) is 11.1 Å². The molecule has 0 bridgehead atoms. The van der Waals surface area contributed by atoms with Crippen molar-refractivity contribution in [1.82, 2.24) is 19.4 Å². The maximum Gasteiger partial charge on any atom is 0.410 e. The Labute approximate surface area is 260 Å². The van der Waals surface area contributed by atoms with E-state index in [1.807, 2.05) is 69.5 Å². The van der Waals surface area contributed by atoms with Crippen molar-refractivity contribution in [2.24, 2.45) is 0 Å². The van der Waals surface area contributed by atoms with Crippen molar-refractivity contribution in [3.8, 4) is 11.5 Å². The van der Waals surface area contributed by atoms with Gasteiger partial charge >= 0.3 is 6.09 Å². The summed E-state index contributed by atoms with van der Waals surface area (Å²) in [6.07, 6.45) is 1.33. The number of nitrogens with zero attached hydrogens (tertiary/aromatic N) is 4. The van der Waals surface area contributed by atoms with E-state index in [1.165, 1.54) is 0 Å². The lowest BCUT2D eigenvalue weighted by molar-refractivity contribution is -0.130. The number of carbonyl (C=O) groups excluding carboxylic acids is 1. The van der Waals surface area contributed by atoms with Crippen LogP contribution in [0.2, 0.25) is 0 Å². The lowest BCUT2D eigenvalue weighted by Crippen LogP contribution is -2.49. The van der Waals surface area contributed by atoms with Crippen LogP contribution in [-0.2, 0) is 29.3 Å². The van der Waals surface area contributed by atoms with Gasteiger partial charge in [-0.2, -0.15) is 5.06 Å². The molecule has 2 aliphatic rings. The second-order valence-corrected chi connectivity index (χ2v) is 12.9. The molecular weight excluding hydrogens is 560 g/mol. The number of likely N-dealkylation sites (tertiary alicyclic amines) is 1. The second kappa shape index (κ2) is 13.6. The molecule has 1 aromatic heterocycles. The predicted molar refractivity (Wildman–Crippen MR) is 170 cm³/mol. The molecular formula is C34H46N4O6. The largest absolute Gasteiger partial charge is 0.486 e. The molecule has 1 saturated heterocycles. The maximum absolute atomic E-state index is 13.4. The van der Waals surface area contributed by atoms with Crippen LogP contribution in [0.15, 0.2) is 47.3 Å². The molecule has 2 aliphatic heterocycles. The second-order valence-electron chi connectivity index (χ2n) is 12.9. The summed E-state index contributed by atoms with van der Waals surface area (Å²) < 4.78 is 19.2. The standard InChI is InChI=1S/C34H46N4O6/c1-24-19-32(39)37(29-20-26(7-9-28(24)29)23-43-35(5)6)16-15-36-13-11-27(12-14-36)38(33(40)44-34(2,3)4)22-25-8-10-30-31(21-25)42-18-17-41-30/h7-10,19-21,27H,11-18,22-23H2,1-6H3. The molecule has 10 nitrogen and oxygen atoms in total. The van der Waals surface area contributed by atoms with Crippen molar-refractivity contribution < 1.29 is 23.8 Å². The number of hydroxylamine groups is 2. The zero-order chi connectivity index (χ0) is 31.4. The van der Waals surface area contributed by atoms with Crippen molar-refractivity contribution >= 4 is 17.0 Å². The van der Waals surface area contributed by atoms with E-state index >= 15 is 0 Å². The van der Waals surface area contributed by atoms with Crippen LogP contribution in [0.3, 0.4) is 0 Å². The van der Waals surface area contributed by atoms with E-state index in [4.69, 9.17) is 19.0 Å². The van der Waals surface area contributed by atoms with Gasteiger partial charge in [0, 0.05) is 64.3 Å². The van der Waals surface area contributed by atoms with Crippen molar-refractivity contribution in [1.29, 1.82) is 0 Å². The number of aryl methyl sites for hydroxylation is 1. The lowest BCUT2D eigenvalue weighted by atomic mass is 10.0. The lowest BCUT2D eigenvalue weighted by Gasteiger charge is -2.39. The molecule has 238 valence electrons. The number of benzene rings is 2. The molecule has 0 aliphatic carbocycles. The highest BCUT2D eigenvalue weighted by Crippen LogP contribution is 2.32. The third-order valence-electron chi connectivity index (χ3n) is 8.10. The molecule has 5 rings (SSSR count). The fourth-order valence-electron chi connectivity index (χ4n) is 5.86. The number of ether oxygens (including phenoxy) is 3. The molecule has 10 heteroatoms. The molecule has 1 fully saturated rings. The molecule has 44 heavy (non-hydrogen) atoms. The summed E-state index contributed by atoms with van der Waals surface area (Å²) in [7, 11) is 3.71. The fraction of sp³-hybridized carbons (Fsp3) is 0.529. The van der Waals surface area contributed by atoms with Gasteiger partial charge in [-0.3, -0.25) is 9.63 Å². The Bertz CT molecular complexity index is 1520. The van der Waals surface area contributed by atoms with Crippen LogP contribution in [0, 0.1) is 6.92 Å². The summed E-state index contributed by atoms with van der Waals surface area (Å²) in [5.74, 6) is 1.44. The Kier molecular flexibility index (Phi) is 9.82. The molecule has 0 spiro atoms. The number of hydrogen-bond acceptors (Lipinski definition) is 8. The number of hydrogen-bond donors (Lipinski definition) is 0. The Balaban J connectivity index is 1.26. The molecule has 3 heterocycles. The van der Waals surface area contributed by atoms with Gasteiger partial charge in [-0.05, 0) is 75.4 Å². The molecule has 0 unspecified atom stereocenters. The number of amides is 1. The minimum Gasteiger partial charge on any atom is -0.486 e. The monoisotopic (exact) mass is 606 g/mol. The van der Waals surface area contributed by atoms with E-state index < -0.39 is 5.60 Å². The number of fused-ring (bicyclic) bond motifs is 2. The minimum atomic E-state index is -0.592. The van der Waals surface area contributed by atoms with Crippen molar-refractivity contribution in [2.45, 2.75) is 71.9 Å². The fourth-order valence-corrected chi connectivity index (χ4v) is 5.86. The zero-order valence-electron chi connectivity index (χ0n) is 26.9. The Morgan fingerprint density at radius 3 is 2.36 bits per heavy atom. The third kappa shape index (κ3) is 7.91. The first-order valence-corrected chi connectivity index (χ1v) is 15.5. The van der Waals surface area contributed by atoms with Crippen LogP contribution in [0.5, 0.6) is 11.5 Å². The van der Waals surface area contributed by atoms with E-state index in [-0.39, 0.29) is 17.7 Å². The summed E-state index contributed by atoms with van der Waals surface area (Å²) in [4.78, 5) is 36.5. The average Bonchev–Trinajstić information content (AvgIpc) is 2.98. The molecule has 0 N–H and O–H groups in total. The quantitative estimate of drug-likeness (QED) is 0.316. The summed E-state index contributed by atoms with van der Waals surface area (Å²) in [6.45, 7) is 12.6. The van der Waals surface area contributed by atoms with Crippen molar-refractivity contribution in [3.63, 3.8) is 0 Å². The van der Waals surface area contributed by atoms with Crippen molar-refractivity contribution in [3.05, 3.63) is 69.5 Å². The van der Waals surface area contributed by atoms with Crippen LogP contribution in [0.25, 0.3) is 10.9 Å². The number of aromatic nitrogens is 1. The summed E-state index contributed by atoms with van der Waals surface area (Å²) in [5, 5.41) is 2.75. The molecule has 3 aromatic rings. The minimum absolute atomic E-state index is 0.00564. The van der Waals surface area contributed by atoms with Crippen LogP contribution < -0.4 is 15.0 Å². The van der Waals surface area contributed by atoms with Gasteiger partial charge in [-0.1, -0.05) is 18.2 Å². The molecule has 0 atom stereocenters. The van der Waals surface area contributed by atoms with E-state index in [0.717, 1.165) is 65.8 Å². The molecule has 2 aromatic carbocycles. The predicted octanol–water partition coefficient (Wildman–Crippen LogP) is 4.98. The zero-order valence-corrected chi connectivity index (χ0v) is 26.9. The van der Waals surface area contributed by atoms with Gasteiger partial charge in [0.05, 0.1) is 12.1 Å². The molecule has 0 saturated carbocycles. The number of pyridine rings is 1. The van der Waals surface area contributed by atoms with Gasteiger partial charge in [-0.25, -0.2) is 4.79 Å². The molecule has 0 radical (unpaired) electrons. The van der Waals surface area contributed by atoms with Crippen molar-refractivity contribution in [2.75, 3.05) is 46.9 Å². The summed E-state index contributed by atoms with van der Waals surface area (Å²) in [6, 6.07) is 13.8. The Morgan fingerprint density at radius 1 is 0.955 bits per heavy atom. The van der Waals surface area contributed by atoms with E-state index in [0.29, 0.717) is 38.7 Å². The third-order valence-corrected chi connectivity index (χ3v) is 8.10. The number of carbonyl (C=O) groups is 1. The van der Waals surface area contributed by atoms with Gasteiger partial charge in [0.1, 0.15) is 18.8 Å². The Hall–Kier alpha value is -3.60. The Morgan fingerprint density at radius 2 is 1.66 bits per heavy atom. The van der Waals surface area contributed by atoms with E-state index in [2.05, 4.69) is 23.1 Å². The van der Waals surface area contributed by atoms with Gasteiger partial charge in [0.25, 0.3) is 5.56 Å². The van der Waals surface area contributed by atoms with Crippen LogP contribution in [0.1, 0.15) is 50.3 Å². The summed E-state index contributed by atoms with van der Waals surface area (Å²) in [5.41, 5.74) is 3.31. The topological polar surface area (TPSA) is 85.7 Å². The number of piperidine rings is 1. The van der Waals surface area contributed by atoms with Gasteiger partial charge in [0.2, 0.25) is 0 Å². The average molecular weight is 607 g/mol. The van der Waals surface area contributed by atoms with Gasteiger partial charge in [0.15, 0.2) is 11.5 Å². The highest BCUT2D eigenvalue weighted by molar-refractivity contribution is 5.83. The van der Waals surface area contributed by atoms with Gasteiger partial charge in [-0.15, -0.1) is 0 Å². The van der Waals surface area contributed by atoms with Crippen LogP contribution >= 0.6 is 0 Å². The SMILES string of the molecule is Cc1cc(=O)n(CCN2CCC(N(Cc3ccc4c(c3)OCCO4)C(=O)OC(C)(C)C)CC2)c2cc(CON(C)C)ccc12. The molecule has 1 amide bonds. The number of rotatable bonds is 9. The first kappa shape index (κ1) is 31.8. The first-order valence-electron chi connectivity index (χ1n) is 15.5. The highest BCUT2D eigenvalue weighted by Gasteiger charge is 2.31. The van der Waals surface area contributed by atoms with E-state index in [9.17, 15) is 9.59 Å². The normalized spacial score (nSPS) is 16.0. The van der Waals surface area contributed by atoms with Gasteiger partial charge < -0.3 is 28.6 Å². The van der Waals surface area contributed by atoms with Crippen LogP contribution in [-0.4, -0.2) is 84.1 Å². The smallest absolute Gasteiger partial charge is 0.410 e. The first-order chi connectivity index (χ1) is 21.0. The highest BCUT2D eigenvalue weighted by atomic mass is 16.7. The summed E-state index contributed by atoms with van der Waals surface area (Å²) >= 11 is 0. The maximum atomic E-state index is 13.4. The van der Waals surface area contributed by atoms with Crippen LogP contribution in [0.4, 0.5) is 4.79 Å².